The first-order chi connectivity index (χ1) is 6.35. The summed E-state index contributed by atoms with van der Waals surface area (Å²) in [6.45, 7) is 0.523. The molecule has 7 heteroatoms. The molecule has 1 amide bonds. The van der Waals surface area contributed by atoms with Crippen LogP contribution in [0.3, 0.4) is 0 Å². The highest BCUT2D eigenvalue weighted by atomic mass is 79.9. The number of hydrogen-bond donors (Lipinski definition) is 1. The minimum atomic E-state index is -4.40. The fourth-order valence-electron chi connectivity index (χ4n) is 0.486. The van der Waals surface area contributed by atoms with E-state index in [0.29, 0.717) is 5.33 Å². The number of carbonyl (C=O) groups excluding carboxylic acids is 1. The summed E-state index contributed by atoms with van der Waals surface area (Å²) in [5.74, 6) is 0.0756. The van der Waals surface area contributed by atoms with Gasteiger partial charge in [0.1, 0.15) is 6.54 Å². The predicted molar refractivity (Wildman–Crippen MR) is 48.4 cm³/mol. The number of hydrogen-bond acceptors (Lipinski definition) is 2. The Morgan fingerprint density at radius 2 is 2.14 bits per heavy atom. The molecule has 1 unspecified atom stereocenters. The lowest BCUT2D eigenvalue weighted by molar-refractivity contribution is -0.123. The Kier molecular flexibility index (Phi) is 5.90. The van der Waals surface area contributed by atoms with Gasteiger partial charge in [-0.1, -0.05) is 22.9 Å². The average molecular weight is 278 g/mol. The van der Waals surface area contributed by atoms with Gasteiger partial charge in [-0.25, -0.2) is 4.79 Å². The number of alkyl carbamates (subject to hydrolysis) is 1. The summed E-state index contributed by atoms with van der Waals surface area (Å²) >= 11 is 3.14. The van der Waals surface area contributed by atoms with E-state index in [1.807, 2.05) is 0 Å². The molecular formula is C7H11BrF3NO2. The fraction of sp³-hybridized carbons (Fsp3) is 0.857. The largest absolute Gasteiger partial charge is 0.449 e. The van der Waals surface area contributed by atoms with Crippen LogP contribution in [0.25, 0.3) is 0 Å². The van der Waals surface area contributed by atoms with Crippen molar-refractivity contribution in [3.8, 4) is 0 Å². The Labute approximate surface area is 88.1 Å². The summed E-state index contributed by atoms with van der Waals surface area (Å²) in [5, 5.41) is 2.23. The van der Waals surface area contributed by atoms with Gasteiger partial charge in [0.25, 0.3) is 0 Å². The highest BCUT2D eigenvalue weighted by molar-refractivity contribution is 9.09. The molecule has 0 aromatic rings. The molecule has 0 aliphatic rings. The normalized spacial score (nSPS) is 13.5. The van der Waals surface area contributed by atoms with Gasteiger partial charge in [0.05, 0.1) is 6.61 Å². The van der Waals surface area contributed by atoms with Gasteiger partial charge in [-0.15, -0.1) is 0 Å². The van der Waals surface area contributed by atoms with E-state index in [1.165, 1.54) is 0 Å². The third-order valence-electron chi connectivity index (χ3n) is 1.20. The first-order valence-corrected chi connectivity index (χ1v) is 5.00. The number of amides is 1. The minimum absolute atomic E-state index is 0.0756. The Bertz CT molecular complexity index is 186. The van der Waals surface area contributed by atoms with E-state index in [-0.39, 0.29) is 12.5 Å². The van der Waals surface area contributed by atoms with Crippen molar-refractivity contribution in [1.82, 2.24) is 5.32 Å². The zero-order valence-corrected chi connectivity index (χ0v) is 9.11. The van der Waals surface area contributed by atoms with E-state index in [9.17, 15) is 18.0 Å². The molecule has 14 heavy (non-hydrogen) atoms. The summed E-state index contributed by atoms with van der Waals surface area (Å²) in [6, 6.07) is 0. The smallest absolute Gasteiger partial charge is 0.407 e. The SMILES string of the molecule is CC(CBr)COC(=O)NCC(F)(F)F. The summed E-state index contributed by atoms with van der Waals surface area (Å²) in [4.78, 5) is 10.7. The van der Waals surface area contributed by atoms with Gasteiger partial charge >= 0.3 is 12.3 Å². The van der Waals surface area contributed by atoms with Crippen LogP contribution < -0.4 is 5.32 Å². The van der Waals surface area contributed by atoms with E-state index in [0.717, 1.165) is 0 Å². The lowest BCUT2D eigenvalue weighted by Crippen LogP contribution is -2.34. The maximum atomic E-state index is 11.6. The minimum Gasteiger partial charge on any atom is -0.449 e. The van der Waals surface area contributed by atoms with Crippen molar-refractivity contribution < 1.29 is 22.7 Å². The quantitative estimate of drug-likeness (QED) is 0.801. The van der Waals surface area contributed by atoms with Crippen LogP contribution in [0, 0.1) is 5.92 Å². The van der Waals surface area contributed by atoms with E-state index < -0.39 is 18.8 Å². The topological polar surface area (TPSA) is 38.3 Å². The summed E-state index contributed by atoms with van der Waals surface area (Å²) in [7, 11) is 0. The Morgan fingerprint density at radius 3 is 2.57 bits per heavy atom. The molecule has 1 N–H and O–H groups in total. The van der Waals surface area contributed by atoms with Crippen LogP contribution in [0.15, 0.2) is 0 Å². The molecular weight excluding hydrogens is 267 g/mol. The summed E-state index contributed by atoms with van der Waals surface area (Å²) in [6.07, 6.45) is -5.45. The van der Waals surface area contributed by atoms with E-state index >= 15 is 0 Å². The van der Waals surface area contributed by atoms with Gasteiger partial charge in [-0.3, -0.25) is 0 Å². The number of nitrogens with one attached hydrogen (secondary N) is 1. The molecule has 84 valence electrons. The Morgan fingerprint density at radius 1 is 1.57 bits per heavy atom. The van der Waals surface area contributed by atoms with E-state index in [2.05, 4.69) is 20.7 Å². The number of carbonyl (C=O) groups is 1. The standard InChI is InChI=1S/C7H11BrF3NO2/c1-5(2-8)3-14-6(13)12-4-7(9,10)11/h5H,2-4H2,1H3,(H,12,13). The molecule has 0 fully saturated rings. The van der Waals surface area contributed by atoms with Crippen LogP contribution in [0.4, 0.5) is 18.0 Å². The van der Waals surface area contributed by atoms with Crippen molar-refractivity contribution in [2.45, 2.75) is 13.1 Å². The van der Waals surface area contributed by atoms with Crippen LogP contribution >= 0.6 is 15.9 Å². The summed E-state index contributed by atoms with van der Waals surface area (Å²) < 4.78 is 39.3. The molecule has 0 heterocycles. The average Bonchev–Trinajstić information content (AvgIpc) is 2.09. The van der Waals surface area contributed by atoms with E-state index in [4.69, 9.17) is 0 Å². The number of ether oxygens (including phenoxy) is 1. The molecule has 0 aliphatic heterocycles. The Hall–Kier alpha value is -0.460. The van der Waals surface area contributed by atoms with Crippen molar-refractivity contribution in [2.75, 3.05) is 18.5 Å². The molecule has 3 nitrogen and oxygen atoms in total. The van der Waals surface area contributed by atoms with Crippen LogP contribution in [-0.2, 0) is 4.74 Å². The molecule has 1 atom stereocenters. The highest BCUT2D eigenvalue weighted by Crippen LogP contribution is 2.12. The van der Waals surface area contributed by atoms with Crippen LogP contribution in [0.5, 0.6) is 0 Å². The molecule has 0 aromatic carbocycles. The monoisotopic (exact) mass is 277 g/mol. The van der Waals surface area contributed by atoms with E-state index in [1.54, 1.807) is 12.2 Å². The third-order valence-corrected chi connectivity index (χ3v) is 2.30. The second-order valence-corrected chi connectivity index (χ2v) is 3.47. The van der Waals surface area contributed by atoms with Crippen LogP contribution in [0.2, 0.25) is 0 Å². The molecule has 0 rings (SSSR count). The molecule has 0 saturated heterocycles. The van der Waals surface area contributed by atoms with Crippen molar-refractivity contribution in [3.63, 3.8) is 0 Å². The predicted octanol–water partition coefficient (Wildman–Crippen LogP) is 2.31. The fourth-order valence-corrected chi connectivity index (χ4v) is 0.673. The van der Waals surface area contributed by atoms with Gasteiger partial charge in [0, 0.05) is 11.2 Å². The van der Waals surface area contributed by atoms with Gasteiger partial charge in [0.2, 0.25) is 0 Å². The van der Waals surface area contributed by atoms with Gasteiger partial charge in [-0.05, 0) is 0 Å². The molecule has 0 aromatic heterocycles. The van der Waals surface area contributed by atoms with Crippen molar-refractivity contribution in [2.24, 2.45) is 5.92 Å². The van der Waals surface area contributed by atoms with Crippen molar-refractivity contribution in [1.29, 1.82) is 0 Å². The van der Waals surface area contributed by atoms with Gasteiger partial charge in [0.15, 0.2) is 0 Å². The highest BCUT2D eigenvalue weighted by Gasteiger charge is 2.28. The van der Waals surface area contributed by atoms with Crippen molar-refractivity contribution >= 4 is 22.0 Å². The van der Waals surface area contributed by atoms with Gasteiger partial charge < -0.3 is 10.1 Å². The molecule has 0 aliphatic carbocycles. The maximum Gasteiger partial charge on any atom is 0.407 e. The summed E-state index contributed by atoms with van der Waals surface area (Å²) in [5.41, 5.74) is 0. The third kappa shape index (κ3) is 8.15. The number of alkyl halides is 4. The second-order valence-electron chi connectivity index (χ2n) is 2.83. The van der Waals surface area contributed by atoms with Crippen LogP contribution in [0.1, 0.15) is 6.92 Å². The van der Waals surface area contributed by atoms with Crippen molar-refractivity contribution in [3.05, 3.63) is 0 Å². The molecule has 0 spiro atoms. The Balaban J connectivity index is 3.57. The zero-order valence-electron chi connectivity index (χ0n) is 7.53. The molecule has 0 bridgehead atoms. The number of halogens is 4. The van der Waals surface area contributed by atoms with Crippen LogP contribution in [-0.4, -0.2) is 30.8 Å². The lowest BCUT2D eigenvalue weighted by Gasteiger charge is -2.11. The molecule has 0 radical (unpaired) electrons. The zero-order chi connectivity index (χ0) is 11.2. The number of rotatable bonds is 4. The first-order valence-electron chi connectivity index (χ1n) is 3.88. The lowest BCUT2D eigenvalue weighted by atomic mass is 10.2. The maximum absolute atomic E-state index is 11.6. The first kappa shape index (κ1) is 13.5. The second kappa shape index (κ2) is 6.10. The molecule has 0 saturated carbocycles. The van der Waals surface area contributed by atoms with Gasteiger partial charge in [-0.2, -0.15) is 13.2 Å².